The third-order valence-corrected chi connectivity index (χ3v) is 3.99. The summed E-state index contributed by atoms with van der Waals surface area (Å²) < 4.78 is 0. The third kappa shape index (κ3) is 2.51. The number of allylic oxidation sites excluding steroid dienone is 3. The molecule has 4 rings (SSSR count). The SMILES string of the molecule is Cc1cccc(-c2[nH]c(C(C)C)nc2C2=CC3=CNON3C=C2)n1. The zero-order valence-corrected chi connectivity index (χ0v) is 13.9. The molecule has 0 spiro atoms. The molecule has 0 saturated carbocycles. The van der Waals surface area contributed by atoms with E-state index in [0.29, 0.717) is 5.92 Å². The van der Waals surface area contributed by atoms with Gasteiger partial charge in [-0.1, -0.05) is 19.9 Å². The van der Waals surface area contributed by atoms with Gasteiger partial charge in [-0.3, -0.25) is 4.98 Å². The van der Waals surface area contributed by atoms with Gasteiger partial charge in [0.25, 0.3) is 0 Å². The molecule has 0 bridgehead atoms. The van der Waals surface area contributed by atoms with Crippen LogP contribution in [-0.2, 0) is 4.94 Å². The molecule has 2 N–H and O–H groups in total. The predicted octanol–water partition coefficient (Wildman–Crippen LogP) is 3.41. The second kappa shape index (κ2) is 5.65. The molecule has 0 amide bonds. The summed E-state index contributed by atoms with van der Waals surface area (Å²) in [4.78, 5) is 18.2. The van der Waals surface area contributed by atoms with Crippen molar-refractivity contribution in [3.8, 4) is 11.4 Å². The van der Waals surface area contributed by atoms with Crippen molar-refractivity contribution in [1.82, 2.24) is 25.5 Å². The van der Waals surface area contributed by atoms with Crippen molar-refractivity contribution >= 4 is 5.57 Å². The van der Waals surface area contributed by atoms with E-state index in [1.54, 1.807) is 5.06 Å². The van der Waals surface area contributed by atoms with Crippen LogP contribution in [-0.4, -0.2) is 20.0 Å². The van der Waals surface area contributed by atoms with Crippen LogP contribution in [0.25, 0.3) is 17.0 Å². The van der Waals surface area contributed by atoms with E-state index in [1.165, 1.54) is 0 Å². The van der Waals surface area contributed by atoms with Crippen molar-refractivity contribution in [3.05, 3.63) is 65.7 Å². The van der Waals surface area contributed by atoms with Crippen LogP contribution in [0.15, 0.2) is 48.4 Å². The fourth-order valence-corrected chi connectivity index (χ4v) is 2.73. The van der Waals surface area contributed by atoms with Gasteiger partial charge in [-0.05, 0) is 31.2 Å². The molecule has 122 valence electrons. The van der Waals surface area contributed by atoms with Gasteiger partial charge in [0.1, 0.15) is 5.82 Å². The normalized spacial score (nSPS) is 16.1. The number of nitrogens with one attached hydrogen (secondary N) is 2. The molecule has 2 aliphatic heterocycles. The van der Waals surface area contributed by atoms with E-state index < -0.39 is 0 Å². The molecule has 0 radical (unpaired) electrons. The van der Waals surface area contributed by atoms with Gasteiger partial charge in [0, 0.05) is 23.4 Å². The van der Waals surface area contributed by atoms with E-state index in [1.807, 2.05) is 49.7 Å². The molecule has 6 nitrogen and oxygen atoms in total. The van der Waals surface area contributed by atoms with Crippen molar-refractivity contribution in [2.75, 3.05) is 0 Å². The first-order valence-corrected chi connectivity index (χ1v) is 7.98. The molecule has 2 aromatic heterocycles. The fourth-order valence-electron chi connectivity index (χ4n) is 2.73. The number of hydrogen-bond donors (Lipinski definition) is 2. The Bertz CT molecular complexity index is 875. The van der Waals surface area contributed by atoms with Gasteiger partial charge >= 0.3 is 0 Å². The number of rotatable bonds is 3. The van der Waals surface area contributed by atoms with E-state index in [9.17, 15) is 0 Å². The van der Waals surface area contributed by atoms with Crippen LogP contribution in [0.4, 0.5) is 0 Å². The Morgan fingerprint density at radius 3 is 2.88 bits per heavy atom. The number of hydroxylamine groups is 3. The average Bonchev–Trinajstić information content (AvgIpc) is 3.21. The van der Waals surface area contributed by atoms with E-state index in [0.717, 1.165) is 39.9 Å². The predicted molar refractivity (Wildman–Crippen MR) is 91.9 cm³/mol. The monoisotopic (exact) mass is 321 g/mol. The summed E-state index contributed by atoms with van der Waals surface area (Å²) in [6.45, 7) is 6.24. The maximum absolute atomic E-state index is 5.23. The summed E-state index contributed by atoms with van der Waals surface area (Å²) in [6, 6.07) is 6.02. The summed E-state index contributed by atoms with van der Waals surface area (Å²) in [7, 11) is 0. The van der Waals surface area contributed by atoms with Crippen LogP contribution in [0.2, 0.25) is 0 Å². The topological polar surface area (TPSA) is 66.1 Å². The van der Waals surface area contributed by atoms with Gasteiger partial charge in [0.15, 0.2) is 0 Å². The first kappa shape index (κ1) is 14.7. The molecule has 0 aliphatic carbocycles. The first-order valence-electron chi connectivity index (χ1n) is 7.98. The van der Waals surface area contributed by atoms with E-state index >= 15 is 0 Å². The zero-order chi connectivity index (χ0) is 16.7. The lowest BCUT2D eigenvalue weighted by Gasteiger charge is -2.16. The van der Waals surface area contributed by atoms with Gasteiger partial charge < -0.3 is 4.98 Å². The highest BCUT2D eigenvalue weighted by atomic mass is 16.8. The van der Waals surface area contributed by atoms with Gasteiger partial charge in [-0.25, -0.2) is 15.5 Å². The van der Waals surface area contributed by atoms with Gasteiger partial charge in [-0.2, -0.15) is 4.94 Å². The number of imidazole rings is 1. The highest BCUT2D eigenvalue weighted by Gasteiger charge is 2.22. The largest absolute Gasteiger partial charge is 0.340 e. The number of aromatic amines is 1. The average molecular weight is 321 g/mol. The summed E-state index contributed by atoms with van der Waals surface area (Å²) in [6.07, 6.45) is 7.71. The maximum Gasteiger partial charge on any atom is 0.109 e. The maximum atomic E-state index is 5.23. The van der Waals surface area contributed by atoms with Crippen LogP contribution in [0.3, 0.4) is 0 Å². The molecule has 0 saturated heterocycles. The Labute approximate surface area is 140 Å². The number of aryl methyl sites for hydroxylation is 1. The minimum absolute atomic E-state index is 0.308. The molecule has 0 fully saturated rings. The molecule has 2 aromatic rings. The minimum Gasteiger partial charge on any atom is -0.340 e. The third-order valence-electron chi connectivity index (χ3n) is 3.99. The Morgan fingerprint density at radius 1 is 1.21 bits per heavy atom. The molecule has 0 atom stereocenters. The first-order chi connectivity index (χ1) is 11.6. The van der Waals surface area contributed by atoms with Gasteiger partial charge in [0.2, 0.25) is 0 Å². The zero-order valence-electron chi connectivity index (χ0n) is 13.9. The quantitative estimate of drug-likeness (QED) is 0.907. The lowest BCUT2D eigenvalue weighted by Crippen LogP contribution is -2.15. The number of nitrogens with zero attached hydrogens (tertiary/aromatic N) is 3. The smallest absolute Gasteiger partial charge is 0.109 e. The summed E-state index contributed by atoms with van der Waals surface area (Å²) in [5, 5.41) is 1.67. The molecule has 0 aromatic carbocycles. The summed E-state index contributed by atoms with van der Waals surface area (Å²) in [5.74, 6) is 1.26. The molecule has 0 unspecified atom stereocenters. The number of aromatic nitrogens is 3. The second-order valence-corrected chi connectivity index (χ2v) is 6.18. The Balaban J connectivity index is 1.84. The van der Waals surface area contributed by atoms with E-state index in [-0.39, 0.29) is 0 Å². The highest BCUT2D eigenvalue weighted by molar-refractivity contribution is 5.83. The highest BCUT2D eigenvalue weighted by Crippen LogP contribution is 2.32. The lowest BCUT2D eigenvalue weighted by molar-refractivity contribution is -0.112. The van der Waals surface area contributed by atoms with Crippen LogP contribution in [0.5, 0.6) is 0 Å². The Kier molecular flexibility index (Phi) is 3.46. The van der Waals surface area contributed by atoms with Crippen molar-refractivity contribution in [2.24, 2.45) is 0 Å². The van der Waals surface area contributed by atoms with Crippen molar-refractivity contribution in [1.29, 1.82) is 0 Å². The van der Waals surface area contributed by atoms with E-state index in [4.69, 9.17) is 9.92 Å². The number of pyridine rings is 1. The van der Waals surface area contributed by atoms with Gasteiger partial charge in [0.05, 0.1) is 29.0 Å². The standard InChI is InChI=1S/C18H19N5O/c1-11(2)18-21-16(13-7-8-23-14(9-13)10-19-24-23)17(22-18)15-6-4-5-12(3)20-15/h4-11,19H,1-3H3,(H,21,22). The number of fused-ring (bicyclic) bond motifs is 1. The fraction of sp³-hybridized carbons (Fsp3) is 0.222. The Morgan fingerprint density at radius 2 is 2.08 bits per heavy atom. The van der Waals surface area contributed by atoms with E-state index in [2.05, 4.69) is 29.3 Å². The van der Waals surface area contributed by atoms with Crippen molar-refractivity contribution in [2.45, 2.75) is 26.7 Å². The van der Waals surface area contributed by atoms with Gasteiger partial charge in [-0.15, -0.1) is 0 Å². The second-order valence-electron chi connectivity index (χ2n) is 6.18. The number of H-pyrrole nitrogens is 1. The van der Waals surface area contributed by atoms with Crippen molar-refractivity contribution < 1.29 is 4.94 Å². The summed E-state index contributed by atoms with van der Waals surface area (Å²) in [5.41, 5.74) is 8.42. The molecule has 6 heteroatoms. The molecule has 24 heavy (non-hydrogen) atoms. The molecule has 2 aliphatic rings. The van der Waals surface area contributed by atoms with Crippen LogP contribution in [0, 0.1) is 6.92 Å². The van der Waals surface area contributed by atoms with Crippen LogP contribution in [0.1, 0.15) is 37.0 Å². The molecular formula is C18H19N5O. The van der Waals surface area contributed by atoms with Crippen LogP contribution >= 0.6 is 0 Å². The summed E-state index contributed by atoms with van der Waals surface area (Å²) >= 11 is 0. The Hall–Kier alpha value is -2.86. The van der Waals surface area contributed by atoms with Crippen molar-refractivity contribution in [3.63, 3.8) is 0 Å². The number of hydrogen-bond acceptors (Lipinski definition) is 5. The minimum atomic E-state index is 0.308. The molecule has 4 heterocycles. The molecular weight excluding hydrogens is 302 g/mol. The lowest BCUT2D eigenvalue weighted by atomic mass is 10.1. The van der Waals surface area contributed by atoms with Crippen LogP contribution < -0.4 is 5.48 Å².